The van der Waals surface area contributed by atoms with Gasteiger partial charge in [-0.05, 0) is 31.2 Å². The van der Waals surface area contributed by atoms with Gasteiger partial charge in [0.1, 0.15) is 5.82 Å². The Bertz CT molecular complexity index is 934. The van der Waals surface area contributed by atoms with Gasteiger partial charge in [0, 0.05) is 30.1 Å². The number of aliphatic hydroxyl groups excluding tert-OH is 1. The zero-order valence-electron chi connectivity index (χ0n) is 14.9. The number of nitrogens with zero attached hydrogens (tertiary/aromatic N) is 3. The number of hydrogen-bond donors (Lipinski definition) is 3. The molecule has 0 aliphatic heterocycles. The standard InChI is InChI=1S/C19H18F3N5O/c1-12(11-28)24-18-26-16(13-5-4-8-23-10-13)9-17(27-18)25-15-7-3-2-6-14(15)19(20,21)22/h2-10,12,28H,11H2,1H3,(H2,24,25,26,27)/t12-/m1/s1. The van der Waals surface area contributed by atoms with E-state index in [1.165, 1.54) is 18.2 Å². The largest absolute Gasteiger partial charge is 0.418 e. The van der Waals surface area contributed by atoms with Gasteiger partial charge >= 0.3 is 6.18 Å². The lowest BCUT2D eigenvalue weighted by molar-refractivity contribution is -0.136. The molecule has 0 spiro atoms. The van der Waals surface area contributed by atoms with E-state index in [4.69, 9.17) is 0 Å². The summed E-state index contributed by atoms with van der Waals surface area (Å²) in [5.41, 5.74) is 0.237. The van der Waals surface area contributed by atoms with Crippen molar-refractivity contribution in [1.29, 1.82) is 0 Å². The fourth-order valence-corrected chi connectivity index (χ4v) is 2.48. The minimum Gasteiger partial charge on any atom is -0.394 e. The topological polar surface area (TPSA) is 83.0 Å². The number of aromatic nitrogens is 3. The molecule has 0 saturated heterocycles. The summed E-state index contributed by atoms with van der Waals surface area (Å²) in [6.07, 6.45) is -1.30. The molecule has 0 aliphatic carbocycles. The normalized spacial score (nSPS) is 12.5. The summed E-state index contributed by atoms with van der Waals surface area (Å²) < 4.78 is 39.8. The lowest BCUT2D eigenvalue weighted by atomic mass is 10.1. The van der Waals surface area contributed by atoms with Crippen molar-refractivity contribution in [3.05, 3.63) is 60.4 Å². The second kappa shape index (κ2) is 8.22. The van der Waals surface area contributed by atoms with Gasteiger partial charge in [0.2, 0.25) is 5.95 Å². The van der Waals surface area contributed by atoms with Crippen molar-refractivity contribution in [3.63, 3.8) is 0 Å². The molecule has 1 atom stereocenters. The minimum absolute atomic E-state index is 0.119. The van der Waals surface area contributed by atoms with E-state index in [0.29, 0.717) is 11.3 Å². The van der Waals surface area contributed by atoms with E-state index in [9.17, 15) is 18.3 Å². The first-order chi connectivity index (χ1) is 13.4. The average molecular weight is 389 g/mol. The first kappa shape index (κ1) is 19.6. The molecule has 3 N–H and O–H groups in total. The molecule has 0 radical (unpaired) electrons. The average Bonchev–Trinajstić information content (AvgIpc) is 2.68. The Morgan fingerprint density at radius 3 is 2.57 bits per heavy atom. The number of alkyl halides is 3. The van der Waals surface area contributed by atoms with Crippen LogP contribution in [0.3, 0.4) is 0 Å². The van der Waals surface area contributed by atoms with Crippen LogP contribution in [0.15, 0.2) is 54.9 Å². The van der Waals surface area contributed by atoms with E-state index in [-0.39, 0.29) is 30.1 Å². The molecule has 0 bridgehead atoms. The maximum absolute atomic E-state index is 13.3. The first-order valence-electron chi connectivity index (χ1n) is 8.47. The molecule has 3 rings (SSSR count). The summed E-state index contributed by atoms with van der Waals surface area (Å²) in [5, 5.41) is 14.9. The van der Waals surface area contributed by atoms with Gasteiger partial charge in [-0.2, -0.15) is 18.2 Å². The monoisotopic (exact) mass is 389 g/mol. The summed E-state index contributed by atoms with van der Waals surface area (Å²) in [6.45, 7) is 1.58. The molecule has 0 unspecified atom stereocenters. The van der Waals surface area contributed by atoms with Crippen LogP contribution in [0.2, 0.25) is 0 Å². The van der Waals surface area contributed by atoms with Crippen molar-refractivity contribution >= 4 is 17.5 Å². The highest BCUT2D eigenvalue weighted by Crippen LogP contribution is 2.36. The van der Waals surface area contributed by atoms with Gasteiger partial charge in [-0.1, -0.05) is 12.1 Å². The van der Waals surface area contributed by atoms with E-state index < -0.39 is 11.7 Å². The van der Waals surface area contributed by atoms with Crippen molar-refractivity contribution in [1.82, 2.24) is 15.0 Å². The van der Waals surface area contributed by atoms with E-state index in [0.717, 1.165) is 6.07 Å². The highest BCUT2D eigenvalue weighted by Gasteiger charge is 2.33. The molecular weight excluding hydrogens is 371 g/mol. The predicted molar refractivity (Wildman–Crippen MR) is 100 cm³/mol. The number of pyridine rings is 1. The van der Waals surface area contributed by atoms with Crippen LogP contribution >= 0.6 is 0 Å². The summed E-state index contributed by atoms with van der Waals surface area (Å²) in [6, 6.07) is 9.88. The summed E-state index contributed by atoms with van der Waals surface area (Å²) in [5.74, 6) is 0.355. The van der Waals surface area contributed by atoms with Crippen LogP contribution in [-0.2, 0) is 6.18 Å². The van der Waals surface area contributed by atoms with E-state index in [2.05, 4.69) is 25.6 Å². The Morgan fingerprint density at radius 2 is 1.89 bits per heavy atom. The number of benzene rings is 1. The number of rotatable bonds is 6. The lowest BCUT2D eigenvalue weighted by Crippen LogP contribution is -2.21. The van der Waals surface area contributed by atoms with Gasteiger partial charge in [-0.3, -0.25) is 4.98 Å². The van der Waals surface area contributed by atoms with Crippen LogP contribution in [0.4, 0.5) is 30.6 Å². The molecule has 0 saturated carbocycles. The van der Waals surface area contributed by atoms with Gasteiger partial charge in [-0.25, -0.2) is 4.98 Å². The van der Waals surface area contributed by atoms with Gasteiger partial charge < -0.3 is 15.7 Å². The van der Waals surface area contributed by atoms with Gasteiger partial charge in [0.05, 0.1) is 23.6 Å². The third-order valence-electron chi connectivity index (χ3n) is 3.83. The maximum Gasteiger partial charge on any atom is 0.418 e. The van der Waals surface area contributed by atoms with Gasteiger partial charge in [-0.15, -0.1) is 0 Å². The smallest absolute Gasteiger partial charge is 0.394 e. The van der Waals surface area contributed by atoms with Gasteiger partial charge in [0.15, 0.2) is 0 Å². The zero-order valence-corrected chi connectivity index (χ0v) is 14.9. The van der Waals surface area contributed by atoms with Crippen LogP contribution in [0, 0.1) is 0 Å². The molecule has 2 aromatic heterocycles. The number of hydrogen-bond acceptors (Lipinski definition) is 6. The molecule has 6 nitrogen and oxygen atoms in total. The Kier molecular flexibility index (Phi) is 5.74. The summed E-state index contributed by atoms with van der Waals surface area (Å²) in [4.78, 5) is 12.6. The molecule has 3 aromatic rings. The second-order valence-corrected chi connectivity index (χ2v) is 6.10. The predicted octanol–water partition coefficient (Wildman–Crippen LogP) is 4.09. The highest BCUT2D eigenvalue weighted by atomic mass is 19.4. The van der Waals surface area contributed by atoms with Crippen LogP contribution in [-0.4, -0.2) is 32.7 Å². The first-order valence-corrected chi connectivity index (χ1v) is 8.47. The molecule has 0 amide bonds. The van der Waals surface area contributed by atoms with Crippen LogP contribution in [0.5, 0.6) is 0 Å². The van der Waals surface area contributed by atoms with E-state index in [1.54, 1.807) is 37.5 Å². The van der Waals surface area contributed by atoms with Gasteiger partial charge in [0.25, 0.3) is 0 Å². The lowest BCUT2D eigenvalue weighted by Gasteiger charge is -2.16. The molecular formula is C19H18F3N5O. The maximum atomic E-state index is 13.3. The third-order valence-corrected chi connectivity index (χ3v) is 3.83. The van der Waals surface area contributed by atoms with Crippen molar-refractivity contribution < 1.29 is 18.3 Å². The minimum atomic E-state index is -4.50. The molecule has 0 fully saturated rings. The number of para-hydroxylation sites is 1. The van der Waals surface area contributed by atoms with Crippen LogP contribution in [0.25, 0.3) is 11.3 Å². The quantitative estimate of drug-likeness (QED) is 0.589. The van der Waals surface area contributed by atoms with Crippen molar-refractivity contribution in [2.24, 2.45) is 0 Å². The van der Waals surface area contributed by atoms with E-state index >= 15 is 0 Å². The number of nitrogens with one attached hydrogen (secondary N) is 2. The number of halogens is 3. The molecule has 146 valence electrons. The Labute approximate surface area is 159 Å². The molecule has 28 heavy (non-hydrogen) atoms. The molecule has 9 heteroatoms. The highest BCUT2D eigenvalue weighted by molar-refractivity contribution is 5.68. The molecule has 1 aromatic carbocycles. The van der Waals surface area contributed by atoms with Crippen LogP contribution < -0.4 is 10.6 Å². The number of anilines is 3. The van der Waals surface area contributed by atoms with Crippen molar-refractivity contribution in [2.45, 2.75) is 19.1 Å². The Balaban J connectivity index is 2.02. The van der Waals surface area contributed by atoms with E-state index in [1.807, 2.05) is 0 Å². The fraction of sp³-hybridized carbons (Fsp3) is 0.211. The zero-order chi connectivity index (χ0) is 20.1. The SMILES string of the molecule is C[C@H](CO)Nc1nc(Nc2ccccc2C(F)(F)F)cc(-c2cccnc2)n1. The summed E-state index contributed by atoms with van der Waals surface area (Å²) in [7, 11) is 0. The van der Waals surface area contributed by atoms with Crippen molar-refractivity contribution in [2.75, 3.05) is 17.2 Å². The molecule has 2 heterocycles. The summed E-state index contributed by atoms with van der Waals surface area (Å²) >= 11 is 0. The molecule has 0 aliphatic rings. The Hall–Kier alpha value is -3.20. The third kappa shape index (κ3) is 4.74. The van der Waals surface area contributed by atoms with Crippen molar-refractivity contribution in [3.8, 4) is 11.3 Å². The second-order valence-electron chi connectivity index (χ2n) is 6.10. The fourth-order valence-electron chi connectivity index (χ4n) is 2.48. The number of aliphatic hydroxyl groups is 1. The Morgan fingerprint density at radius 1 is 1.11 bits per heavy atom. The van der Waals surface area contributed by atoms with Crippen LogP contribution in [0.1, 0.15) is 12.5 Å².